The Morgan fingerprint density at radius 1 is 1.64 bits per heavy atom. The fourth-order valence-corrected chi connectivity index (χ4v) is 1.25. The van der Waals surface area contributed by atoms with E-state index in [2.05, 4.69) is 0 Å². The monoisotopic (exact) mass is 156 g/mol. The summed E-state index contributed by atoms with van der Waals surface area (Å²) < 4.78 is 10.1. The number of methoxy groups -OCH3 is 2. The predicted molar refractivity (Wildman–Crippen MR) is 40.1 cm³/mol. The number of hydrogen-bond acceptors (Lipinski definition) is 3. The maximum atomic E-state index is 10.5. The first kappa shape index (κ1) is 8.27. The van der Waals surface area contributed by atoms with Gasteiger partial charge in [0.2, 0.25) is 0 Å². The minimum Gasteiger partial charge on any atom is -0.501 e. The maximum absolute atomic E-state index is 10.5. The van der Waals surface area contributed by atoms with Gasteiger partial charge >= 0.3 is 0 Å². The molecular formula is C8H12O3. The SMILES string of the molecule is COC1=CC(OC)CC1C=O. The molecule has 3 nitrogen and oxygen atoms in total. The predicted octanol–water partition coefficient (Wildman–Crippen LogP) is 0.750. The molecule has 1 aliphatic carbocycles. The zero-order valence-corrected chi connectivity index (χ0v) is 6.74. The van der Waals surface area contributed by atoms with Gasteiger partial charge in [0.25, 0.3) is 0 Å². The van der Waals surface area contributed by atoms with E-state index in [0.29, 0.717) is 6.42 Å². The Kier molecular flexibility index (Phi) is 2.65. The molecule has 0 aromatic carbocycles. The van der Waals surface area contributed by atoms with Crippen LogP contribution in [0.3, 0.4) is 0 Å². The number of hydrogen-bond donors (Lipinski definition) is 0. The minimum atomic E-state index is -0.107. The summed E-state index contributed by atoms with van der Waals surface area (Å²) in [6.45, 7) is 0. The third-order valence-corrected chi connectivity index (χ3v) is 1.90. The Balaban J connectivity index is 2.62. The van der Waals surface area contributed by atoms with Crippen LogP contribution in [0.15, 0.2) is 11.8 Å². The summed E-state index contributed by atoms with van der Waals surface area (Å²) in [7, 11) is 3.20. The highest BCUT2D eigenvalue weighted by Crippen LogP contribution is 2.25. The smallest absolute Gasteiger partial charge is 0.130 e. The van der Waals surface area contributed by atoms with Crippen LogP contribution in [-0.2, 0) is 14.3 Å². The molecule has 0 aromatic heterocycles. The zero-order chi connectivity index (χ0) is 8.27. The molecule has 2 unspecified atom stereocenters. The van der Waals surface area contributed by atoms with Crippen molar-refractivity contribution in [2.75, 3.05) is 14.2 Å². The third kappa shape index (κ3) is 1.60. The third-order valence-electron chi connectivity index (χ3n) is 1.90. The molecule has 0 radical (unpaired) electrons. The lowest BCUT2D eigenvalue weighted by atomic mass is 10.1. The Labute approximate surface area is 66.0 Å². The molecule has 2 atom stereocenters. The quantitative estimate of drug-likeness (QED) is 0.566. The highest BCUT2D eigenvalue weighted by atomic mass is 16.5. The van der Waals surface area contributed by atoms with E-state index in [1.54, 1.807) is 14.2 Å². The topological polar surface area (TPSA) is 35.5 Å². The van der Waals surface area contributed by atoms with Gasteiger partial charge in [-0.25, -0.2) is 0 Å². The van der Waals surface area contributed by atoms with Crippen LogP contribution in [0.2, 0.25) is 0 Å². The van der Waals surface area contributed by atoms with Crippen molar-refractivity contribution < 1.29 is 14.3 Å². The van der Waals surface area contributed by atoms with Crippen LogP contribution in [-0.4, -0.2) is 26.6 Å². The summed E-state index contributed by atoms with van der Waals surface area (Å²) in [5.74, 6) is 0.622. The summed E-state index contributed by atoms with van der Waals surface area (Å²) in [6, 6.07) is 0. The summed E-state index contributed by atoms with van der Waals surface area (Å²) >= 11 is 0. The van der Waals surface area contributed by atoms with Gasteiger partial charge in [0.1, 0.15) is 12.0 Å². The number of carbonyl (C=O) groups is 1. The fraction of sp³-hybridized carbons (Fsp3) is 0.625. The Hall–Kier alpha value is -0.830. The first-order valence-corrected chi connectivity index (χ1v) is 3.55. The molecule has 11 heavy (non-hydrogen) atoms. The van der Waals surface area contributed by atoms with Gasteiger partial charge in [-0.3, -0.25) is 0 Å². The van der Waals surface area contributed by atoms with Gasteiger partial charge in [0.15, 0.2) is 0 Å². The molecular weight excluding hydrogens is 144 g/mol. The van der Waals surface area contributed by atoms with Crippen molar-refractivity contribution >= 4 is 6.29 Å². The average molecular weight is 156 g/mol. The second-order valence-electron chi connectivity index (χ2n) is 2.53. The lowest BCUT2D eigenvalue weighted by molar-refractivity contribution is -0.111. The molecule has 0 aromatic rings. The van der Waals surface area contributed by atoms with Gasteiger partial charge in [0.05, 0.1) is 19.1 Å². The second kappa shape index (κ2) is 3.53. The van der Waals surface area contributed by atoms with Crippen molar-refractivity contribution in [3.63, 3.8) is 0 Å². The molecule has 0 spiro atoms. The van der Waals surface area contributed by atoms with E-state index in [0.717, 1.165) is 12.0 Å². The number of aldehydes is 1. The van der Waals surface area contributed by atoms with E-state index in [1.807, 2.05) is 6.08 Å². The van der Waals surface area contributed by atoms with E-state index in [4.69, 9.17) is 9.47 Å². The van der Waals surface area contributed by atoms with Crippen LogP contribution >= 0.6 is 0 Å². The minimum absolute atomic E-state index is 0.0418. The molecule has 0 amide bonds. The largest absolute Gasteiger partial charge is 0.501 e. The average Bonchev–Trinajstić information content (AvgIpc) is 2.46. The van der Waals surface area contributed by atoms with Crippen LogP contribution in [0.25, 0.3) is 0 Å². The molecule has 0 saturated heterocycles. The molecule has 0 aliphatic heterocycles. The van der Waals surface area contributed by atoms with Gasteiger partial charge in [0, 0.05) is 7.11 Å². The fourth-order valence-electron chi connectivity index (χ4n) is 1.25. The molecule has 0 N–H and O–H groups in total. The van der Waals surface area contributed by atoms with E-state index >= 15 is 0 Å². The number of ether oxygens (including phenoxy) is 2. The summed E-state index contributed by atoms with van der Waals surface area (Å²) in [5, 5.41) is 0. The molecule has 0 heterocycles. The van der Waals surface area contributed by atoms with Gasteiger partial charge in [-0.05, 0) is 12.5 Å². The van der Waals surface area contributed by atoms with Gasteiger partial charge in [-0.15, -0.1) is 0 Å². The highest BCUT2D eigenvalue weighted by Gasteiger charge is 2.26. The van der Waals surface area contributed by atoms with Gasteiger partial charge < -0.3 is 14.3 Å². The standard InChI is InChI=1S/C8H12O3/c1-10-7-3-6(5-9)8(4-7)11-2/h4-7H,3H2,1-2H3. The molecule has 0 bridgehead atoms. The Bertz CT molecular complexity index is 174. The molecule has 0 fully saturated rings. The van der Waals surface area contributed by atoms with Crippen LogP contribution in [0.1, 0.15) is 6.42 Å². The van der Waals surface area contributed by atoms with E-state index < -0.39 is 0 Å². The first-order chi connectivity index (χ1) is 5.31. The van der Waals surface area contributed by atoms with Gasteiger partial charge in [-0.2, -0.15) is 0 Å². The first-order valence-electron chi connectivity index (χ1n) is 3.55. The molecule has 3 heteroatoms. The van der Waals surface area contributed by atoms with Crippen molar-refractivity contribution in [1.29, 1.82) is 0 Å². The van der Waals surface area contributed by atoms with Crippen molar-refractivity contribution in [2.45, 2.75) is 12.5 Å². The summed E-state index contributed by atoms with van der Waals surface area (Å²) in [4.78, 5) is 10.5. The van der Waals surface area contributed by atoms with Crippen LogP contribution in [0, 0.1) is 5.92 Å². The molecule has 0 saturated carbocycles. The van der Waals surface area contributed by atoms with E-state index in [9.17, 15) is 4.79 Å². The van der Waals surface area contributed by atoms with Crippen molar-refractivity contribution in [3.8, 4) is 0 Å². The summed E-state index contributed by atoms with van der Waals surface area (Å²) in [6.07, 6.45) is 3.50. The van der Waals surface area contributed by atoms with Gasteiger partial charge in [-0.1, -0.05) is 0 Å². The lowest BCUT2D eigenvalue weighted by Gasteiger charge is -2.05. The van der Waals surface area contributed by atoms with Crippen molar-refractivity contribution in [3.05, 3.63) is 11.8 Å². The second-order valence-corrected chi connectivity index (χ2v) is 2.53. The van der Waals surface area contributed by atoms with E-state index in [-0.39, 0.29) is 12.0 Å². The number of allylic oxidation sites excluding steroid dienone is 1. The Morgan fingerprint density at radius 2 is 2.36 bits per heavy atom. The van der Waals surface area contributed by atoms with Crippen LogP contribution in [0.5, 0.6) is 0 Å². The maximum Gasteiger partial charge on any atom is 0.130 e. The zero-order valence-electron chi connectivity index (χ0n) is 6.74. The highest BCUT2D eigenvalue weighted by molar-refractivity contribution is 5.59. The van der Waals surface area contributed by atoms with E-state index in [1.165, 1.54) is 0 Å². The summed E-state index contributed by atoms with van der Waals surface area (Å²) in [5.41, 5.74) is 0. The van der Waals surface area contributed by atoms with Crippen molar-refractivity contribution in [1.82, 2.24) is 0 Å². The van der Waals surface area contributed by atoms with Crippen LogP contribution in [0.4, 0.5) is 0 Å². The molecule has 62 valence electrons. The molecule has 1 rings (SSSR count). The van der Waals surface area contributed by atoms with Crippen molar-refractivity contribution in [2.24, 2.45) is 5.92 Å². The number of rotatable bonds is 3. The Morgan fingerprint density at radius 3 is 2.73 bits per heavy atom. The normalized spacial score (nSPS) is 29.8. The lowest BCUT2D eigenvalue weighted by Crippen LogP contribution is -2.07. The number of carbonyl (C=O) groups excluding carboxylic acids is 1. The van der Waals surface area contributed by atoms with Crippen LogP contribution < -0.4 is 0 Å². The molecule has 1 aliphatic rings.